The van der Waals surface area contributed by atoms with Crippen LogP contribution in [0.2, 0.25) is 0 Å². The van der Waals surface area contributed by atoms with E-state index < -0.39 is 0 Å². The fourth-order valence-electron chi connectivity index (χ4n) is 1.09. The van der Waals surface area contributed by atoms with Crippen LogP contribution in [0.25, 0.3) is 0 Å². The summed E-state index contributed by atoms with van der Waals surface area (Å²) < 4.78 is 0. The lowest BCUT2D eigenvalue weighted by Crippen LogP contribution is -2.40. The van der Waals surface area contributed by atoms with Crippen molar-refractivity contribution in [2.45, 2.75) is 38.8 Å². The number of aliphatic hydroxyl groups is 2. The van der Waals surface area contributed by atoms with Crippen molar-refractivity contribution >= 4 is 0 Å². The Morgan fingerprint density at radius 1 is 1.27 bits per heavy atom. The minimum atomic E-state index is -0.286. The highest BCUT2D eigenvalue weighted by atomic mass is 16.3. The normalized spacial score (nSPS) is 16.4. The Morgan fingerprint density at radius 3 is 2.27 bits per heavy atom. The second-order valence-corrected chi connectivity index (χ2v) is 2.67. The smallest absolute Gasteiger partial charge is 0.0690 e. The van der Waals surface area contributed by atoms with Crippen LogP contribution in [0.4, 0.5) is 0 Å². The van der Waals surface area contributed by atoms with Crippen molar-refractivity contribution in [3.63, 3.8) is 0 Å². The van der Waals surface area contributed by atoms with Gasteiger partial charge in [-0.15, -0.1) is 0 Å². The lowest BCUT2D eigenvalue weighted by atomic mass is 10.1. The monoisotopic (exact) mass is 161 g/mol. The first kappa shape index (κ1) is 10.9. The molecule has 2 unspecified atom stereocenters. The summed E-state index contributed by atoms with van der Waals surface area (Å²) in [6.45, 7) is 4.67. The molecule has 0 amide bonds. The molecule has 0 spiro atoms. The summed E-state index contributed by atoms with van der Waals surface area (Å²) in [5.41, 5.74) is 0. The lowest BCUT2D eigenvalue weighted by Gasteiger charge is -2.21. The maximum Gasteiger partial charge on any atom is 0.0690 e. The van der Waals surface area contributed by atoms with Gasteiger partial charge >= 0.3 is 0 Å². The van der Waals surface area contributed by atoms with Crippen LogP contribution < -0.4 is 5.32 Å². The van der Waals surface area contributed by atoms with Crippen LogP contribution in [0.1, 0.15) is 26.7 Å². The first-order valence-electron chi connectivity index (χ1n) is 4.28. The molecule has 0 aliphatic heterocycles. The van der Waals surface area contributed by atoms with Crippen LogP contribution in [0.5, 0.6) is 0 Å². The maximum absolute atomic E-state index is 9.40. The fourth-order valence-corrected chi connectivity index (χ4v) is 1.09. The van der Waals surface area contributed by atoms with Gasteiger partial charge in [-0.25, -0.2) is 0 Å². The minimum Gasteiger partial charge on any atom is -0.395 e. The van der Waals surface area contributed by atoms with Crippen LogP contribution in [0.15, 0.2) is 0 Å². The van der Waals surface area contributed by atoms with Gasteiger partial charge in [-0.1, -0.05) is 13.8 Å². The summed E-state index contributed by atoms with van der Waals surface area (Å²) >= 11 is 0. The van der Waals surface area contributed by atoms with Gasteiger partial charge in [0.05, 0.1) is 12.7 Å². The van der Waals surface area contributed by atoms with E-state index in [1.807, 2.05) is 13.8 Å². The van der Waals surface area contributed by atoms with Crippen LogP contribution in [-0.2, 0) is 0 Å². The molecule has 3 N–H and O–H groups in total. The van der Waals surface area contributed by atoms with E-state index in [-0.39, 0.29) is 18.8 Å². The van der Waals surface area contributed by atoms with Crippen molar-refractivity contribution in [3.8, 4) is 0 Å². The SMILES string of the molecule is CCC(O)C(CC)NCCO. The number of rotatable bonds is 6. The molecule has 0 aromatic carbocycles. The molecule has 0 rings (SSSR count). The molecule has 0 aromatic rings. The topological polar surface area (TPSA) is 52.5 Å². The van der Waals surface area contributed by atoms with Gasteiger partial charge in [0.1, 0.15) is 0 Å². The number of hydrogen-bond acceptors (Lipinski definition) is 3. The zero-order valence-corrected chi connectivity index (χ0v) is 7.38. The Labute approximate surface area is 68.4 Å². The summed E-state index contributed by atoms with van der Waals surface area (Å²) in [6.07, 6.45) is 1.37. The van der Waals surface area contributed by atoms with E-state index in [1.165, 1.54) is 0 Å². The molecular formula is C8H19NO2. The standard InChI is InChI=1S/C8H19NO2/c1-3-7(8(11)4-2)9-5-6-10/h7-11H,3-6H2,1-2H3. The minimum absolute atomic E-state index is 0.132. The van der Waals surface area contributed by atoms with Crippen molar-refractivity contribution in [1.29, 1.82) is 0 Å². The van der Waals surface area contributed by atoms with E-state index in [2.05, 4.69) is 5.32 Å². The molecule has 0 fully saturated rings. The van der Waals surface area contributed by atoms with Crippen molar-refractivity contribution in [2.75, 3.05) is 13.2 Å². The second kappa shape index (κ2) is 6.58. The van der Waals surface area contributed by atoms with Crippen LogP contribution in [-0.4, -0.2) is 35.5 Å². The molecule has 0 bridgehead atoms. The van der Waals surface area contributed by atoms with Gasteiger partial charge in [0.2, 0.25) is 0 Å². The van der Waals surface area contributed by atoms with E-state index in [0.717, 1.165) is 12.8 Å². The average Bonchev–Trinajstić information content (AvgIpc) is 2.05. The third-order valence-corrected chi connectivity index (χ3v) is 1.84. The lowest BCUT2D eigenvalue weighted by molar-refractivity contribution is 0.117. The molecule has 0 aliphatic carbocycles. The van der Waals surface area contributed by atoms with Gasteiger partial charge in [0.15, 0.2) is 0 Å². The highest BCUT2D eigenvalue weighted by Gasteiger charge is 2.13. The quantitative estimate of drug-likeness (QED) is 0.518. The summed E-state index contributed by atoms with van der Waals surface area (Å²) in [7, 11) is 0. The van der Waals surface area contributed by atoms with Gasteiger partial charge < -0.3 is 15.5 Å². The molecule has 0 saturated heterocycles. The van der Waals surface area contributed by atoms with Gasteiger partial charge in [-0.2, -0.15) is 0 Å². The summed E-state index contributed by atoms with van der Waals surface area (Å²) in [4.78, 5) is 0. The van der Waals surface area contributed by atoms with Gasteiger partial charge in [0, 0.05) is 12.6 Å². The van der Waals surface area contributed by atoms with Gasteiger partial charge in [-0.3, -0.25) is 0 Å². The fraction of sp³-hybridized carbons (Fsp3) is 1.00. The van der Waals surface area contributed by atoms with Crippen molar-refractivity contribution < 1.29 is 10.2 Å². The number of hydrogen-bond donors (Lipinski definition) is 3. The number of aliphatic hydroxyl groups excluding tert-OH is 2. The second-order valence-electron chi connectivity index (χ2n) is 2.67. The van der Waals surface area contributed by atoms with Crippen molar-refractivity contribution in [1.82, 2.24) is 5.32 Å². The summed E-state index contributed by atoms with van der Waals surface area (Å²) in [5, 5.41) is 21.0. The molecule has 0 saturated carbocycles. The highest BCUT2D eigenvalue weighted by Crippen LogP contribution is 2.01. The molecule has 3 heteroatoms. The van der Waals surface area contributed by atoms with Crippen LogP contribution in [0, 0.1) is 0 Å². The Bertz CT molecular complexity index is 88.2. The third-order valence-electron chi connectivity index (χ3n) is 1.84. The maximum atomic E-state index is 9.40. The molecule has 0 radical (unpaired) electrons. The Balaban J connectivity index is 3.56. The molecule has 0 aromatic heterocycles. The predicted molar refractivity (Wildman–Crippen MR) is 45.5 cm³/mol. The first-order chi connectivity index (χ1) is 5.26. The van der Waals surface area contributed by atoms with E-state index in [4.69, 9.17) is 5.11 Å². The van der Waals surface area contributed by atoms with Gasteiger partial charge in [0.25, 0.3) is 0 Å². The Kier molecular flexibility index (Phi) is 6.51. The number of nitrogens with one attached hydrogen (secondary N) is 1. The Hall–Kier alpha value is -0.120. The highest BCUT2D eigenvalue weighted by molar-refractivity contribution is 4.72. The Morgan fingerprint density at radius 2 is 1.91 bits per heavy atom. The molecule has 68 valence electrons. The molecule has 3 nitrogen and oxygen atoms in total. The average molecular weight is 161 g/mol. The molecule has 0 aliphatic rings. The largest absolute Gasteiger partial charge is 0.395 e. The van der Waals surface area contributed by atoms with Gasteiger partial charge in [-0.05, 0) is 12.8 Å². The van der Waals surface area contributed by atoms with Crippen LogP contribution in [0.3, 0.4) is 0 Å². The molecular weight excluding hydrogens is 142 g/mol. The van der Waals surface area contributed by atoms with Crippen LogP contribution >= 0.6 is 0 Å². The summed E-state index contributed by atoms with van der Waals surface area (Å²) in [5.74, 6) is 0. The molecule has 11 heavy (non-hydrogen) atoms. The molecule has 0 heterocycles. The van der Waals surface area contributed by atoms with E-state index in [1.54, 1.807) is 0 Å². The molecule has 2 atom stereocenters. The van der Waals surface area contributed by atoms with Crippen molar-refractivity contribution in [2.24, 2.45) is 0 Å². The first-order valence-corrected chi connectivity index (χ1v) is 4.28. The zero-order valence-electron chi connectivity index (χ0n) is 7.38. The van der Waals surface area contributed by atoms with E-state index >= 15 is 0 Å². The third kappa shape index (κ3) is 4.35. The van der Waals surface area contributed by atoms with E-state index in [9.17, 15) is 5.11 Å². The zero-order chi connectivity index (χ0) is 8.69. The predicted octanol–water partition coefficient (Wildman–Crippen LogP) is 0.118. The van der Waals surface area contributed by atoms with E-state index in [0.29, 0.717) is 6.54 Å². The summed E-state index contributed by atoms with van der Waals surface area (Å²) in [6, 6.07) is 0.132. The van der Waals surface area contributed by atoms with Crippen molar-refractivity contribution in [3.05, 3.63) is 0 Å².